The summed E-state index contributed by atoms with van der Waals surface area (Å²) in [6, 6.07) is 4.02. The molecule has 0 radical (unpaired) electrons. The minimum absolute atomic E-state index is 0.0256. The van der Waals surface area contributed by atoms with Crippen molar-refractivity contribution in [3.05, 3.63) is 27.7 Å². The van der Waals surface area contributed by atoms with Crippen molar-refractivity contribution in [1.82, 2.24) is 0 Å². The molecule has 0 spiro atoms. The molecule has 0 unspecified atom stereocenters. The average molecular weight is 284 g/mol. The first-order valence-corrected chi connectivity index (χ1v) is 6.64. The second-order valence-corrected chi connectivity index (χ2v) is 5.57. The third-order valence-corrected chi connectivity index (χ3v) is 4.27. The van der Waals surface area contributed by atoms with Gasteiger partial charge in [-0.3, -0.25) is 0 Å². The van der Waals surface area contributed by atoms with Crippen molar-refractivity contribution in [1.29, 1.82) is 0 Å². The summed E-state index contributed by atoms with van der Waals surface area (Å²) < 4.78 is 1.04. The van der Waals surface area contributed by atoms with Gasteiger partial charge in [0.05, 0.1) is 0 Å². The molecule has 0 amide bonds. The molecule has 0 aromatic heterocycles. The fraction of sp³-hybridized carbons (Fsp3) is 0.538. The summed E-state index contributed by atoms with van der Waals surface area (Å²) in [6.07, 6.45) is 4.25. The van der Waals surface area contributed by atoms with E-state index in [1.165, 1.54) is 6.42 Å². The Labute approximate surface area is 105 Å². The molecule has 16 heavy (non-hydrogen) atoms. The summed E-state index contributed by atoms with van der Waals surface area (Å²) in [7, 11) is 0. The van der Waals surface area contributed by atoms with E-state index in [4.69, 9.17) is 5.73 Å². The Bertz CT molecular complexity index is 394. The van der Waals surface area contributed by atoms with Crippen LogP contribution < -0.4 is 5.73 Å². The van der Waals surface area contributed by atoms with E-state index in [1.54, 1.807) is 0 Å². The zero-order valence-electron chi connectivity index (χ0n) is 9.59. The highest BCUT2D eigenvalue weighted by atomic mass is 79.9. The molecule has 1 aromatic rings. The predicted octanol–water partition coefficient (Wildman–Crippen LogP) is 3.10. The first-order chi connectivity index (χ1) is 7.63. The van der Waals surface area contributed by atoms with E-state index in [0.29, 0.717) is 12.3 Å². The minimum Gasteiger partial charge on any atom is -0.507 e. The van der Waals surface area contributed by atoms with Crippen LogP contribution in [0.4, 0.5) is 0 Å². The molecule has 0 atom stereocenters. The first-order valence-electron chi connectivity index (χ1n) is 5.85. The number of aromatic hydroxyl groups is 1. The van der Waals surface area contributed by atoms with Gasteiger partial charge in [0.1, 0.15) is 5.75 Å². The largest absolute Gasteiger partial charge is 0.507 e. The molecule has 0 heterocycles. The zero-order chi connectivity index (χ0) is 11.8. The summed E-state index contributed by atoms with van der Waals surface area (Å²) >= 11 is 3.51. The van der Waals surface area contributed by atoms with Crippen LogP contribution >= 0.6 is 15.9 Å². The lowest BCUT2D eigenvalue weighted by atomic mass is 9.64. The molecule has 0 bridgehead atoms. The molecular weight excluding hydrogens is 266 g/mol. The van der Waals surface area contributed by atoms with E-state index in [0.717, 1.165) is 34.9 Å². The van der Waals surface area contributed by atoms with Crippen LogP contribution in [0.5, 0.6) is 5.75 Å². The maximum absolute atomic E-state index is 10.3. The number of nitrogens with two attached hydrogens (primary N) is 1. The molecule has 1 saturated carbocycles. The number of aryl methyl sites for hydroxylation is 1. The Morgan fingerprint density at radius 3 is 2.56 bits per heavy atom. The van der Waals surface area contributed by atoms with Gasteiger partial charge in [0, 0.05) is 22.0 Å². The lowest BCUT2D eigenvalue weighted by molar-refractivity contribution is 0.244. The molecule has 2 nitrogen and oxygen atoms in total. The fourth-order valence-corrected chi connectivity index (χ4v) is 3.02. The van der Waals surface area contributed by atoms with Crippen LogP contribution in [0.15, 0.2) is 16.6 Å². The highest BCUT2D eigenvalue weighted by Crippen LogP contribution is 2.47. The fourth-order valence-electron chi connectivity index (χ4n) is 2.52. The quantitative estimate of drug-likeness (QED) is 0.896. The Morgan fingerprint density at radius 2 is 2.12 bits per heavy atom. The van der Waals surface area contributed by atoms with Gasteiger partial charge < -0.3 is 10.8 Å². The van der Waals surface area contributed by atoms with E-state index in [9.17, 15) is 5.11 Å². The Balaban J connectivity index is 2.51. The van der Waals surface area contributed by atoms with Crippen LogP contribution in [0, 0.1) is 0 Å². The summed E-state index contributed by atoms with van der Waals surface area (Å²) in [4.78, 5) is 0. The van der Waals surface area contributed by atoms with E-state index in [-0.39, 0.29) is 5.41 Å². The van der Waals surface area contributed by atoms with Gasteiger partial charge in [-0.15, -0.1) is 0 Å². The monoisotopic (exact) mass is 283 g/mol. The van der Waals surface area contributed by atoms with Gasteiger partial charge in [-0.05, 0) is 37.0 Å². The van der Waals surface area contributed by atoms with E-state index in [1.807, 2.05) is 12.1 Å². The third kappa shape index (κ3) is 1.76. The predicted molar refractivity (Wildman–Crippen MR) is 69.8 cm³/mol. The van der Waals surface area contributed by atoms with Gasteiger partial charge >= 0.3 is 0 Å². The summed E-state index contributed by atoms with van der Waals surface area (Å²) in [6.45, 7) is 2.68. The van der Waals surface area contributed by atoms with Gasteiger partial charge in [0.25, 0.3) is 0 Å². The van der Waals surface area contributed by atoms with E-state index in [2.05, 4.69) is 22.9 Å². The van der Waals surface area contributed by atoms with Crippen molar-refractivity contribution < 1.29 is 5.11 Å². The molecule has 2 rings (SSSR count). The Morgan fingerprint density at radius 1 is 1.44 bits per heavy atom. The van der Waals surface area contributed by atoms with Crippen LogP contribution in [0.1, 0.15) is 37.3 Å². The summed E-state index contributed by atoms with van der Waals surface area (Å²) in [5.41, 5.74) is 7.95. The van der Waals surface area contributed by atoms with Crippen molar-refractivity contribution in [3.8, 4) is 5.75 Å². The van der Waals surface area contributed by atoms with Crippen molar-refractivity contribution >= 4 is 15.9 Å². The van der Waals surface area contributed by atoms with E-state index < -0.39 is 0 Å². The second-order valence-electron chi connectivity index (χ2n) is 4.65. The molecule has 1 aliphatic carbocycles. The van der Waals surface area contributed by atoms with Gasteiger partial charge in [-0.2, -0.15) is 0 Å². The van der Waals surface area contributed by atoms with Gasteiger partial charge in [0.2, 0.25) is 0 Å². The molecule has 1 aliphatic rings. The molecule has 3 N–H and O–H groups in total. The van der Waals surface area contributed by atoms with Crippen LogP contribution in [0.3, 0.4) is 0 Å². The highest BCUT2D eigenvalue weighted by molar-refractivity contribution is 9.10. The smallest absolute Gasteiger partial charge is 0.122 e. The summed E-state index contributed by atoms with van der Waals surface area (Å²) in [5.74, 6) is 0.454. The number of halogens is 1. The minimum atomic E-state index is 0.0256. The van der Waals surface area contributed by atoms with Crippen LogP contribution in [0.2, 0.25) is 0 Å². The van der Waals surface area contributed by atoms with Crippen LogP contribution in [-0.4, -0.2) is 11.7 Å². The number of hydrogen-bond acceptors (Lipinski definition) is 2. The maximum atomic E-state index is 10.3. The molecule has 88 valence electrons. The van der Waals surface area contributed by atoms with Crippen LogP contribution in [-0.2, 0) is 11.8 Å². The molecule has 1 aromatic carbocycles. The van der Waals surface area contributed by atoms with E-state index >= 15 is 0 Å². The number of phenols is 1. The number of benzene rings is 1. The number of rotatable bonds is 3. The van der Waals surface area contributed by atoms with Gasteiger partial charge in [-0.25, -0.2) is 0 Å². The van der Waals surface area contributed by atoms with Crippen molar-refractivity contribution in [2.45, 2.75) is 38.0 Å². The Hall–Kier alpha value is -0.540. The van der Waals surface area contributed by atoms with Gasteiger partial charge in [-0.1, -0.05) is 29.3 Å². The summed E-state index contributed by atoms with van der Waals surface area (Å²) in [5, 5.41) is 10.3. The molecule has 0 aliphatic heterocycles. The average Bonchev–Trinajstić information content (AvgIpc) is 2.21. The topological polar surface area (TPSA) is 46.2 Å². The molecule has 1 fully saturated rings. The second kappa shape index (κ2) is 4.38. The molecule has 3 heteroatoms. The van der Waals surface area contributed by atoms with Crippen molar-refractivity contribution in [2.24, 2.45) is 5.73 Å². The standard InChI is InChI=1S/C13H18BrNO/c1-2-9-6-10(14)7-11(12(9)16)13(8-15)4-3-5-13/h6-7,16H,2-5,8,15H2,1H3. The highest BCUT2D eigenvalue weighted by Gasteiger charge is 2.39. The number of hydrogen-bond donors (Lipinski definition) is 2. The zero-order valence-corrected chi connectivity index (χ0v) is 11.2. The maximum Gasteiger partial charge on any atom is 0.122 e. The Kier molecular flexibility index (Phi) is 3.27. The third-order valence-electron chi connectivity index (χ3n) is 3.81. The SMILES string of the molecule is CCc1cc(Br)cc(C2(CN)CCC2)c1O. The first kappa shape index (κ1) is 11.9. The molecule has 0 saturated heterocycles. The van der Waals surface area contributed by atoms with Crippen molar-refractivity contribution in [3.63, 3.8) is 0 Å². The van der Waals surface area contributed by atoms with Crippen molar-refractivity contribution in [2.75, 3.05) is 6.54 Å². The lowest BCUT2D eigenvalue weighted by Gasteiger charge is -2.42. The normalized spacial score (nSPS) is 18.2. The van der Waals surface area contributed by atoms with Gasteiger partial charge in [0.15, 0.2) is 0 Å². The molecular formula is C13H18BrNO. The van der Waals surface area contributed by atoms with Crippen LogP contribution in [0.25, 0.3) is 0 Å². The lowest BCUT2D eigenvalue weighted by Crippen LogP contribution is -2.41. The number of phenolic OH excluding ortho intramolecular Hbond substituents is 1.